The third-order valence-electron chi connectivity index (χ3n) is 2.69. The van der Waals surface area contributed by atoms with Crippen molar-refractivity contribution in [2.75, 3.05) is 0 Å². The summed E-state index contributed by atoms with van der Waals surface area (Å²) in [6, 6.07) is 10.1. The van der Waals surface area contributed by atoms with E-state index < -0.39 is 19.5 Å². The van der Waals surface area contributed by atoms with Gasteiger partial charge in [0.25, 0.3) is 0 Å². The zero-order valence-corrected chi connectivity index (χ0v) is 13.1. The van der Waals surface area contributed by atoms with Crippen molar-refractivity contribution in [3.05, 3.63) is 51.4 Å². The van der Waals surface area contributed by atoms with Gasteiger partial charge in [0.1, 0.15) is 0 Å². The summed E-state index contributed by atoms with van der Waals surface area (Å²) in [6.45, 7) is 4.38. The first-order valence-electron chi connectivity index (χ1n) is 5.12. The molecular formula is C13H16Cl2OTi. The molecule has 1 aromatic carbocycles. The molecule has 4 heteroatoms. The molecule has 1 nitrogen and oxygen atoms in total. The van der Waals surface area contributed by atoms with Gasteiger partial charge < -0.3 is 0 Å². The molecule has 1 aliphatic carbocycles. The van der Waals surface area contributed by atoms with Crippen LogP contribution in [0.2, 0.25) is 0 Å². The maximum Gasteiger partial charge on any atom is -0.147 e. The van der Waals surface area contributed by atoms with E-state index in [4.69, 9.17) is 3.32 Å². The minimum atomic E-state index is -0.435. The number of hydrogen-bond donors (Lipinski definition) is 0. The average molecular weight is 307 g/mol. The van der Waals surface area contributed by atoms with E-state index in [0.29, 0.717) is 0 Å². The summed E-state index contributed by atoms with van der Waals surface area (Å²) < 4.78 is 7.37. The number of rotatable bonds is 3. The minimum absolute atomic E-state index is 0. The van der Waals surface area contributed by atoms with Crippen LogP contribution in [0.4, 0.5) is 0 Å². The molecule has 0 radical (unpaired) electrons. The van der Waals surface area contributed by atoms with Gasteiger partial charge in [-0.05, 0) is 0 Å². The number of hydrogen-bond acceptors (Lipinski definition) is 1. The Hall–Kier alpha value is -0.206. The standard InChI is InChI=1S/C7H9.C6H6O.2ClH.Ti/c1-6-4-3-5-7(6)2;7-6-4-2-1-3-5-6;;;/h4H,3H2,1-2H3;1-5,7H;2*1H;/q;;;;+1/p-1. The molecule has 0 N–H and O–H groups in total. The molecule has 2 rings (SSSR count). The molecule has 1 aromatic rings. The molecule has 0 aliphatic heterocycles. The SMILES string of the molecule is CC1=CC[C]([Ti][O]c2ccccc2)=C1C.Cl.Cl. The molecule has 1 aliphatic rings. The quantitative estimate of drug-likeness (QED) is 0.746. The molecule has 0 fully saturated rings. The van der Waals surface area contributed by atoms with E-state index in [9.17, 15) is 0 Å². The predicted molar refractivity (Wildman–Crippen MR) is 72.6 cm³/mol. The van der Waals surface area contributed by atoms with Crippen LogP contribution >= 0.6 is 24.8 Å². The molecule has 0 heterocycles. The first-order chi connectivity index (χ1) is 7.27. The van der Waals surface area contributed by atoms with Crippen molar-refractivity contribution >= 4 is 24.8 Å². The van der Waals surface area contributed by atoms with Gasteiger partial charge in [0.15, 0.2) is 0 Å². The summed E-state index contributed by atoms with van der Waals surface area (Å²) in [4.78, 5) is 0. The Balaban J connectivity index is 0.00000128. The Labute approximate surface area is 125 Å². The molecular weight excluding hydrogens is 291 g/mol. The van der Waals surface area contributed by atoms with Gasteiger partial charge in [0, 0.05) is 0 Å². The summed E-state index contributed by atoms with van der Waals surface area (Å²) in [5.41, 5.74) is 2.87. The van der Waals surface area contributed by atoms with Crippen LogP contribution in [0.25, 0.3) is 0 Å². The fourth-order valence-electron chi connectivity index (χ4n) is 1.53. The van der Waals surface area contributed by atoms with Crippen molar-refractivity contribution < 1.29 is 22.9 Å². The van der Waals surface area contributed by atoms with Crippen molar-refractivity contribution in [3.8, 4) is 5.75 Å². The molecule has 0 unspecified atom stereocenters. The molecule has 17 heavy (non-hydrogen) atoms. The Bertz CT molecular complexity index is 413. The van der Waals surface area contributed by atoms with Crippen LogP contribution in [0.1, 0.15) is 20.3 Å². The number of halogens is 2. The second-order valence-electron chi connectivity index (χ2n) is 3.71. The summed E-state index contributed by atoms with van der Waals surface area (Å²) in [5, 5.41) is 0. The van der Waals surface area contributed by atoms with Crippen LogP contribution in [0.5, 0.6) is 5.75 Å². The van der Waals surface area contributed by atoms with Gasteiger partial charge in [-0.15, -0.1) is 24.8 Å². The number of allylic oxidation sites excluding steroid dienone is 4. The van der Waals surface area contributed by atoms with Crippen LogP contribution in [0.3, 0.4) is 0 Å². The van der Waals surface area contributed by atoms with E-state index in [1.807, 2.05) is 30.3 Å². The minimum Gasteiger partial charge on any atom is -0.147 e. The third kappa shape index (κ3) is 4.52. The average Bonchev–Trinajstić information content (AvgIpc) is 2.59. The van der Waals surface area contributed by atoms with Crippen LogP contribution in [0.15, 0.2) is 51.4 Å². The van der Waals surface area contributed by atoms with Gasteiger partial charge in [0.2, 0.25) is 0 Å². The summed E-state index contributed by atoms with van der Waals surface area (Å²) in [7, 11) is 0. The number of benzene rings is 1. The van der Waals surface area contributed by atoms with Crippen LogP contribution in [-0.4, -0.2) is 0 Å². The van der Waals surface area contributed by atoms with E-state index in [-0.39, 0.29) is 24.8 Å². The normalized spacial score (nSPS) is 13.4. The van der Waals surface area contributed by atoms with Crippen LogP contribution in [-0.2, 0) is 19.5 Å². The maximum absolute atomic E-state index is 5.84. The molecule has 0 saturated heterocycles. The largest absolute Gasteiger partial charge is 0.147 e. The van der Waals surface area contributed by atoms with Gasteiger partial charge in [-0.1, -0.05) is 0 Å². The van der Waals surface area contributed by atoms with E-state index in [1.165, 1.54) is 15.0 Å². The van der Waals surface area contributed by atoms with Crippen LogP contribution < -0.4 is 3.32 Å². The Kier molecular flexibility index (Phi) is 7.90. The van der Waals surface area contributed by atoms with Crippen molar-refractivity contribution in [1.82, 2.24) is 0 Å². The van der Waals surface area contributed by atoms with E-state index in [0.717, 1.165) is 12.2 Å². The third-order valence-corrected chi connectivity index (χ3v) is 4.51. The predicted octanol–water partition coefficient (Wildman–Crippen LogP) is 4.53. The topological polar surface area (TPSA) is 9.23 Å². The van der Waals surface area contributed by atoms with Crippen LogP contribution in [0, 0.1) is 0 Å². The molecule has 0 amide bonds. The van der Waals surface area contributed by atoms with Crippen molar-refractivity contribution in [2.24, 2.45) is 0 Å². The van der Waals surface area contributed by atoms with E-state index >= 15 is 0 Å². The first-order valence-corrected chi connectivity index (χ1v) is 6.54. The smallest absolute Gasteiger partial charge is 0.147 e. The van der Waals surface area contributed by atoms with Gasteiger partial charge in [-0.25, -0.2) is 0 Å². The van der Waals surface area contributed by atoms with Crippen molar-refractivity contribution in [1.29, 1.82) is 0 Å². The molecule has 0 spiro atoms. The zero-order valence-electron chi connectivity index (χ0n) is 9.90. The fourth-order valence-corrected chi connectivity index (χ4v) is 2.95. The molecule has 92 valence electrons. The van der Waals surface area contributed by atoms with Gasteiger partial charge in [0.05, 0.1) is 0 Å². The van der Waals surface area contributed by atoms with E-state index in [1.54, 1.807) is 0 Å². The summed E-state index contributed by atoms with van der Waals surface area (Å²) in [6.07, 6.45) is 3.40. The molecule has 0 aromatic heterocycles. The fraction of sp³-hybridized carbons (Fsp3) is 0.231. The van der Waals surface area contributed by atoms with E-state index in [2.05, 4.69) is 19.9 Å². The molecule has 0 saturated carbocycles. The maximum atomic E-state index is 5.84. The zero-order chi connectivity index (χ0) is 10.7. The first kappa shape index (κ1) is 16.8. The monoisotopic (exact) mass is 306 g/mol. The van der Waals surface area contributed by atoms with Gasteiger partial charge in [-0.3, -0.25) is 0 Å². The molecule has 0 atom stereocenters. The molecule has 0 bridgehead atoms. The van der Waals surface area contributed by atoms with Crippen molar-refractivity contribution in [2.45, 2.75) is 20.3 Å². The second-order valence-corrected chi connectivity index (χ2v) is 5.29. The Morgan fingerprint density at radius 3 is 2.24 bits per heavy atom. The summed E-state index contributed by atoms with van der Waals surface area (Å²) >= 11 is -0.435. The number of para-hydroxylation sites is 1. The second kappa shape index (κ2) is 7.99. The summed E-state index contributed by atoms with van der Waals surface area (Å²) in [5.74, 6) is 1.00. The van der Waals surface area contributed by atoms with Gasteiger partial charge >= 0.3 is 100 Å². The van der Waals surface area contributed by atoms with Crippen molar-refractivity contribution in [3.63, 3.8) is 0 Å². The van der Waals surface area contributed by atoms with Gasteiger partial charge in [-0.2, -0.15) is 0 Å². The Morgan fingerprint density at radius 2 is 1.71 bits per heavy atom. The Morgan fingerprint density at radius 1 is 1.06 bits per heavy atom.